The van der Waals surface area contributed by atoms with Crippen LogP contribution in [0.3, 0.4) is 0 Å². The Hall–Kier alpha value is -1.88. The lowest BCUT2D eigenvalue weighted by atomic mass is 9.92. The predicted octanol–water partition coefficient (Wildman–Crippen LogP) is 16.5. The van der Waals surface area contributed by atoms with Crippen molar-refractivity contribution in [2.24, 2.45) is 0 Å². The molecule has 0 bridgehead atoms. The number of rotatable bonds is 4. The molecule has 0 atom stereocenters. The second-order valence-electron chi connectivity index (χ2n) is 15.1. The molecule has 322 valence electrons. The summed E-state index contributed by atoms with van der Waals surface area (Å²) < 4.78 is 7.57. The van der Waals surface area contributed by atoms with Crippen LogP contribution < -0.4 is 10.7 Å². The van der Waals surface area contributed by atoms with Gasteiger partial charge in [0.2, 0.25) is 22.8 Å². The molecule has 0 radical (unpaired) electrons. The molecule has 20 heteroatoms. The van der Waals surface area contributed by atoms with Gasteiger partial charge in [0.15, 0.2) is 0 Å². The van der Waals surface area contributed by atoms with Gasteiger partial charge in [-0.05, 0) is 48.5 Å². The van der Waals surface area contributed by atoms with Gasteiger partial charge in [0.05, 0.1) is 105 Å². The number of halogens is 16. The molecule has 0 amide bonds. The quantitative estimate of drug-likeness (QED) is 0.156. The minimum atomic E-state index is -1.89. The smallest absolute Gasteiger partial charge is 0.195 e. The van der Waals surface area contributed by atoms with E-state index in [-0.39, 0.29) is 125 Å². The lowest BCUT2D eigenvalue weighted by molar-refractivity contribution is -0.834. The lowest BCUT2D eigenvalue weighted by Gasteiger charge is -2.41. The summed E-state index contributed by atoms with van der Waals surface area (Å²) in [5, 5.41) is 2.94. The fourth-order valence-corrected chi connectivity index (χ4v) is 14.5. The molecule has 0 aliphatic carbocycles. The molecule has 0 saturated carbocycles. The third kappa shape index (κ3) is 5.28. The van der Waals surface area contributed by atoms with Crippen LogP contribution in [-0.4, -0.2) is 29.7 Å². The topological polar surface area (TPSA) is 15.9 Å². The van der Waals surface area contributed by atoms with Gasteiger partial charge in [0, 0.05) is 22.3 Å². The largest absolute Gasteiger partial charge is 0.554 e. The average molecular weight is 1180 g/mol. The molecule has 0 unspecified atom stereocenters. The zero-order valence-electron chi connectivity index (χ0n) is 31.3. The molecular formula is C45H12Cl16N4+2. The number of hydrogen-bond donors (Lipinski definition) is 0. The van der Waals surface area contributed by atoms with Crippen molar-refractivity contribution in [3.8, 4) is 0 Å². The van der Waals surface area contributed by atoms with Crippen LogP contribution in [0, 0.1) is 0 Å². The monoisotopic (exact) mass is 1170 g/mol. The maximum atomic E-state index is 7.68. The molecule has 2 aromatic heterocycles. The highest BCUT2D eigenvalue weighted by Gasteiger charge is 2.77. The van der Waals surface area contributed by atoms with Crippen molar-refractivity contribution in [2.45, 2.75) is 5.91 Å². The Morgan fingerprint density at radius 3 is 0.892 bits per heavy atom. The number of hydrogen-bond acceptors (Lipinski definition) is 0. The number of nitrogens with zero attached hydrogens (tertiary/aromatic N) is 4. The van der Waals surface area contributed by atoms with Crippen molar-refractivity contribution in [1.29, 1.82) is 0 Å². The van der Waals surface area contributed by atoms with Gasteiger partial charge in [-0.3, -0.25) is 0 Å². The first-order chi connectivity index (χ1) is 31.0. The molecule has 6 aliphatic rings. The van der Waals surface area contributed by atoms with Gasteiger partial charge in [0.1, 0.15) is 20.1 Å². The van der Waals surface area contributed by atoms with Gasteiger partial charge in [-0.1, -0.05) is 219 Å². The molecule has 6 aromatic rings. The molecule has 0 fully saturated rings. The molecule has 1 spiro atoms. The van der Waals surface area contributed by atoms with Gasteiger partial charge < -0.3 is 0 Å². The molecule has 65 heavy (non-hydrogen) atoms. The van der Waals surface area contributed by atoms with Crippen molar-refractivity contribution in [3.63, 3.8) is 0 Å². The standard InChI is InChI=1S/C45H12Cl16N4/c46-13-5-1-6-14(47)21(13)25-37-29(54)31(56)39-26(22-15(48)7-2-8-16(22)49)41-33(58)35(60)43-28(24-19(52)11-4-12-20(24)53)44-36(61)34(59)42-27(23-17(50)9-3-10-18(23)51)40-32(57)30(55)38(25)63(40)45(62(37)39,64(41)43)65(42)44/h1-12H/q+2. The van der Waals surface area contributed by atoms with Crippen molar-refractivity contribution in [3.05, 3.63) is 209 Å². The number of allylic oxidation sites excluding steroid dienone is 4. The van der Waals surface area contributed by atoms with Crippen molar-refractivity contribution in [1.82, 2.24) is 9.13 Å². The Labute approximate surface area is 447 Å². The van der Waals surface area contributed by atoms with Crippen LogP contribution in [0.4, 0.5) is 0 Å². The van der Waals surface area contributed by atoms with Crippen LogP contribution in [0.25, 0.3) is 22.3 Å². The fourth-order valence-electron chi connectivity index (χ4n) is 9.98. The Kier molecular flexibility index (Phi) is 10.3. The zero-order chi connectivity index (χ0) is 45.8. The predicted molar refractivity (Wildman–Crippen MR) is 272 cm³/mol. The lowest BCUT2D eigenvalue weighted by Crippen LogP contribution is -2.71. The summed E-state index contributed by atoms with van der Waals surface area (Å²) in [5.41, 5.74) is 4.41. The van der Waals surface area contributed by atoms with E-state index in [0.717, 1.165) is 0 Å². The highest BCUT2D eigenvalue weighted by atomic mass is 35.5. The molecular weight excluding hydrogens is 1160 g/mol. The first kappa shape index (κ1) is 44.3. The first-order valence-electron chi connectivity index (χ1n) is 18.7. The van der Waals surface area contributed by atoms with E-state index in [1.807, 2.05) is 18.3 Å². The number of benzene rings is 4. The maximum absolute atomic E-state index is 7.68. The van der Waals surface area contributed by atoms with E-state index in [1.165, 1.54) is 0 Å². The minimum absolute atomic E-state index is 0.0544. The Morgan fingerprint density at radius 1 is 0.323 bits per heavy atom. The van der Waals surface area contributed by atoms with Crippen LogP contribution in [0.5, 0.6) is 0 Å². The van der Waals surface area contributed by atoms with Crippen LogP contribution in [-0.2, 0) is 5.91 Å². The van der Waals surface area contributed by atoms with Gasteiger partial charge in [-0.15, -0.1) is 0 Å². The summed E-state index contributed by atoms with van der Waals surface area (Å²) >= 11 is 119. The highest BCUT2D eigenvalue weighted by molar-refractivity contribution is 6.60. The second kappa shape index (κ2) is 15.1. The summed E-state index contributed by atoms with van der Waals surface area (Å²) in [6, 6.07) is 20.3. The molecule has 12 rings (SSSR count). The minimum Gasteiger partial charge on any atom is -0.195 e. The van der Waals surface area contributed by atoms with E-state index < -0.39 is 5.91 Å². The average Bonchev–Trinajstić information content (AvgIpc) is 3.88. The van der Waals surface area contributed by atoms with Crippen molar-refractivity contribution < 1.29 is 9.15 Å². The molecule has 4 aromatic carbocycles. The third-order valence-electron chi connectivity index (χ3n) is 12.2. The molecule has 0 saturated heterocycles. The molecule has 6 aliphatic heterocycles. The van der Waals surface area contributed by atoms with E-state index >= 15 is 0 Å². The zero-order valence-corrected chi connectivity index (χ0v) is 43.4. The van der Waals surface area contributed by atoms with Crippen molar-refractivity contribution >= 4 is 219 Å². The summed E-state index contributed by atoms with van der Waals surface area (Å²) in [4.78, 5) is 0. The highest BCUT2D eigenvalue weighted by Crippen LogP contribution is 2.63. The van der Waals surface area contributed by atoms with E-state index in [9.17, 15) is 0 Å². The van der Waals surface area contributed by atoms with Gasteiger partial charge in [-0.2, -0.15) is 9.13 Å². The molecule has 0 N–H and O–H groups in total. The van der Waals surface area contributed by atoms with Crippen LogP contribution >= 0.6 is 186 Å². The van der Waals surface area contributed by atoms with Crippen LogP contribution in [0.1, 0.15) is 33.6 Å². The fraction of sp³-hybridized carbons (Fsp3) is 0.0222. The van der Waals surface area contributed by atoms with E-state index in [2.05, 4.69) is 0 Å². The van der Waals surface area contributed by atoms with E-state index in [4.69, 9.17) is 186 Å². The van der Waals surface area contributed by atoms with E-state index in [1.54, 1.807) is 72.8 Å². The molecule has 4 nitrogen and oxygen atoms in total. The second-order valence-corrected chi connectivity index (χ2v) is 21.4. The van der Waals surface area contributed by atoms with Crippen LogP contribution in [0.2, 0.25) is 60.3 Å². The van der Waals surface area contributed by atoms with E-state index in [0.29, 0.717) is 44.5 Å². The summed E-state index contributed by atoms with van der Waals surface area (Å²) in [6.45, 7) is 0. The number of aromatic nitrogens is 2. The third-order valence-corrected chi connectivity index (χ3v) is 18.0. The Bertz CT molecular complexity index is 3470. The summed E-state index contributed by atoms with van der Waals surface area (Å²) in [7, 11) is 0. The summed E-state index contributed by atoms with van der Waals surface area (Å²) in [5.74, 6) is -1.89. The normalized spacial score (nSPS) is 17.5. The van der Waals surface area contributed by atoms with Gasteiger partial charge in [-0.25, -0.2) is 0 Å². The molecule has 8 heterocycles. The SMILES string of the molecule is ClC1=C(Cl)C2=[N+]3C1=C(c1c(Cl)cccc1Cl)c1c(Cl)c(Cl)c4n1C31n3c(c(Cl)c(Cl)c3=C(c3c(Cl)cccc3Cl)C3=[N+]1C(=C4c1c(Cl)cccc1Cl)C(Cl)=C3Cl)=C2c1c(Cl)cccc1Cl. The van der Waals surface area contributed by atoms with Gasteiger partial charge in [0.25, 0.3) is 0 Å². The van der Waals surface area contributed by atoms with Crippen LogP contribution in [0.15, 0.2) is 104 Å². The Morgan fingerprint density at radius 2 is 0.600 bits per heavy atom. The Balaban J connectivity index is 1.49. The summed E-state index contributed by atoms with van der Waals surface area (Å²) in [6.07, 6.45) is 0. The van der Waals surface area contributed by atoms with Gasteiger partial charge >= 0.3 is 5.91 Å². The maximum Gasteiger partial charge on any atom is 0.554 e. The van der Waals surface area contributed by atoms with Crippen molar-refractivity contribution in [2.75, 3.05) is 0 Å². The first-order valence-corrected chi connectivity index (χ1v) is 24.7.